The van der Waals surface area contributed by atoms with Crippen LogP contribution in [0.25, 0.3) is 5.76 Å². The molecule has 1 aromatic heterocycles. The molecule has 1 saturated heterocycles. The van der Waals surface area contributed by atoms with Gasteiger partial charge in [0.25, 0.3) is 11.5 Å². The molecule has 0 unspecified atom stereocenters. The summed E-state index contributed by atoms with van der Waals surface area (Å²) in [7, 11) is 0. The zero-order chi connectivity index (χ0) is 26.8. The first kappa shape index (κ1) is 24.8. The number of aryl methyl sites for hydroxylation is 1. The molecule has 10 heteroatoms. The number of thiazole rings is 1. The fourth-order valence-corrected chi connectivity index (χ4v) is 4.96. The van der Waals surface area contributed by atoms with Crippen molar-refractivity contribution in [2.75, 3.05) is 4.90 Å². The Labute approximate surface area is 221 Å². The largest absolute Gasteiger partial charge is 0.507 e. The highest BCUT2D eigenvalue weighted by Crippen LogP contribution is 2.43. The number of nitro benzene ring substituents is 1. The first-order chi connectivity index (χ1) is 18.3. The standard InChI is InChI=1S/C28H21N3O6S/c1-17-3-2-4-18(15-17)16-37-22-11-7-20(8-12-22)25(32)23-24(19-5-9-21(10-6-19)31(35)36)30(27(34)26(23)33)28-29-13-14-38-28/h2-15,24,32H,16H2,1H3/b25-23+/t24-/m1/s1. The molecule has 190 valence electrons. The molecule has 0 aliphatic carbocycles. The number of rotatable bonds is 7. The molecule has 2 heterocycles. The maximum atomic E-state index is 13.2. The quantitative estimate of drug-likeness (QED) is 0.110. The van der Waals surface area contributed by atoms with Crippen LogP contribution >= 0.6 is 11.3 Å². The molecular weight excluding hydrogens is 506 g/mol. The summed E-state index contributed by atoms with van der Waals surface area (Å²) in [5.74, 6) is -1.52. The Morgan fingerprint density at radius 1 is 1.11 bits per heavy atom. The maximum Gasteiger partial charge on any atom is 0.301 e. The molecule has 1 fully saturated rings. The van der Waals surface area contributed by atoms with Gasteiger partial charge < -0.3 is 9.84 Å². The van der Waals surface area contributed by atoms with Crippen molar-refractivity contribution in [3.05, 3.63) is 122 Å². The molecule has 1 atom stereocenters. The smallest absolute Gasteiger partial charge is 0.301 e. The van der Waals surface area contributed by atoms with E-state index in [9.17, 15) is 24.8 Å². The number of hydrogen-bond donors (Lipinski definition) is 1. The number of hydrogen-bond acceptors (Lipinski definition) is 8. The topological polar surface area (TPSA) is 123 Å². The number of Topliss-reactive ketones (excluding diaryl/α,β-unsaturated/α-hetero) is 1. The summed E-state index contributed by atoms with van der Waals surface area (Å²) in [6.45, 7) is 2.37. The van der Waals surface area contributed by atoms with Crippen molar-refractivity contribution in [2.45, 2.75) is 19.6 Å². The lowest BCUT2D eigenvalue weighted by molar-refractivity contribution is -0.384. The molecule has 1 amide bonds. The van der Waals surface area contributed by atoms with Gasteiger partial charge >= 0.3 is 5.91 Å². The van der Waals surface area contributed by atoms with Gasteiger partial charge in [0.15, 0.2) is 5.13 Å². The Bertz CT molecular complexity index is 1550. The van der Waals surface area contributed by atoms with Crippen molar-refractivity contribution in [3.63, 3.8) is 0 Å². The fourth-order valence-electron chi connectivity index (χ4n) is 4.29. The van der Waals surface area contributed by atoms with Crippen molar-refractivity contribution < 1.29 is 24.4 Å². The monoisotopic (exact) mass is 527 g/mol. The van der Waals surface area contributed by atoms with Crippen LogP contribution in [-0.2, 0) is 16.2 Å². The average molecular weight is 528 g/mol. The fraction of sp³-hybridized carbons (Fsp3) is 0.107. The number of ether oxygens (including phenoxy) is 1. The van der Waals surface area contributed by atoms with E-state index < -0.39 is 22.7 Å². The number of aliphatic hydroxyl groups excluding tert-OH is 1. The summed E-state index contributed by atoms with van der Waals surface area (Å²) >= 11 is 1.16. The Hall–Kier alpha value is -4.83. The summed E-state index contributed by atoms with van der Waals surface area (Å²) in [4.78, 5) is 42.2. The molecular formula is C28H21N3O6S. The number of ketones is 1. The Morgan fingerprint density at radius 2 is 1.84 bits per heavy atom. The van der Waals surface area contributed by atoms with Crippen LogP contribution in [0.5, 0.6) is 5.75 Å². The highest BCUT2D eigenvalue weighted by atomic mass is 32.1. The molecule has 0 radical (unpaired) electrons. The van der Waals surface area contributed by atoms with Crippen LogP contribution < -0.4 is 9.64 Å². The van der Waals surface area contributed by atoms with E-state index in [0.717, 1.165) is 22.5 Å². The van der Waals surface area contributed by atoms with Gasteiger partial charge in [0.1, 0.15) is 18.1 Å². The van der Waals surface area contributed by atoms with E-state index in [1.54, 1.807) is 29.6 Å². The zero-order valence-corrected chi connectivity index (χ0v) is 20.9. The summed E-state index contributed by atoms with van der Waals surface area (Å²) in [6.07, 6.45) is 1.50. The minimum Gasteiger partial charge on any atom is -0.507 e. The van der Waals surface area contributed by atoms with Gasteiger partial charge in [-0.1, -0.05) is 29.8 Å². The predicted molar refractivity (Wildman–Crippen MR) is 142 cm³/mol. The summed E-state index contributed by atoms with van der Waals surface area (Å²) in [6, 6.07) is 19.0. The molecule has 3 aromatic carbocycles. The lowest BCUT2D eigenvalue weighted by Gasteiger charge is -2.22. The minimum absolute atomic E-state index is 0.132. The van der Waals surface area contributed by atoms with Gasteiger partial charge in [0.05, 0.1) is 16.5 Å². The zero-order valence-electron chi connectivity index (χ0n) is 20.1. The number of anilines is 1. The molecule has 5 rings (SSSR count). The van der Waals surface area contributed by atoms with Gasteiger partial charge in [0.2, 0.25) is 0 Å². The van der Waals surface area contributed by atoms with Gasteiger partial charge in [-0.2, -0.15) is 0 Å². The van der Waals surface area contributed by atoms with E-state index in [4.69, 9.17) is 4.74 Å². The first-order valence-corrected chi connectivity index (χ1v) is 12.4. The van der Waals surface area contributed by atoms with Gasteiger partial charge in [-0.15, -0.1) is 11.3 Å². The highest BCUT2D eigenvalue weighted by molar-refractivity contribution is 7.14. The number of nitro groups is 1. The number of aliphatic hydroxyl groups is 1. The number of carbonyl (C=O) groups is 2. The second kappa shape index (κ2) is 10.3. The second-order valence-electron chi connectivity index (χ2n) is 8.63. The van der Waals surface area contributed by atoms with E-state index in [0.29, 0.717) is 23.5 Å². The number of amides is 1. The third-order valence-electron chi connectivity index (χ3n) is 6.11. The molecule has 4 aromatic rings. The SMILES string of the molecule is Cc1cccc(COc2ccc(/C(O)=C3\C(=O)C(=O)N(c4nccs4)[C@@H]3c3ccc([N+](=O)[O-])cc3)cc2)c1. The molecule has 38 heavy (non-hydrogen) atoms. The normalized spacial score (nSPS) is 16.6. The molecule has 0 saturated carbocycles. The third kappa shape index (κ3) is 4.76. The van der Waals surface area contributed by atoms with Crippen molar-refractivity contribution in [1.29, 1.82) is 0 Å². The average Bonchev–Trinajstić information content (AvgIpc) is 3.54. The van der Waals surface area contributed by atoms with Crippen LogP contribution in [0.3, 0.4) is 0 Å². The maximum absolute atomic E-state index is 13.2. The first-order valence-electron chi connectivity index (χ1n) is 11.6. The van der Waals surface area contributed by atoms with Crippen LogP contribution in [0.1, 0.15) is 28.3 Å². The van der Waals surface area contributed by atoms with Gasteiger partial charge in [0, 0.05) is 29.3 Å². The van der Waals surface area contributed by atoms with Gasteiger partial charge in [-0.3, -0.25) is 24.6 Å². The molecule has 1 aliphatic heterocycles. The van der Waals surface area contributed by atoms with E-state index in [2.05, 4.69) is 4.98 Å². The number of nitrogens with zero attached hydrogens (tertiary/aromatic N) is 3. The third-order valence-corrected chi connectivity index (χ3v) is 6.88. The van der Waals surface area contributed by atoms with E-state index in [-0.39, 0.29) is 22.2 Å². The molecule has 1 N–H and O–H groups in total. The van der Waals surface area contributed by atoms with Crippen LogP contribution in [-0.4, -0.2) is 26.7 Å². The molecule has 0 bridgehead atoms. The predicted octanol–water partition coefficient (Wildman–Crippen LogP) is 5.57. The minimum atomic E-state index is -1.01. The van der Waals surface area contributed by atoms with Crippen molar-refractivity contribution >= 4 is 39.6 Å². The lowest BCUT2D eigenvalue weighted by atomic mass is 9.95. The highest BCUT2D eigenvalue weighted by Gasteiger charge is 2.48. The summed E-state index contributed by atoms with van der Waals surface area (Å²) in [5, 5.41) is 24.3. The number of benzene rings is 3. The Morgan fingerprint density at radius 3 is 2.47 bits per heavy atom. The Kier molecular flexibility index (Phi) is 6.71. The van der Waals surface area contributed by atoms with Gasteiger partial charge in [-0.25, -0.2) is 4.98 Å². The van der Waals surface area contributed by atoms with Crippen LogP contribution in [0.2, 0.25) is 0 Å². The summed E-state index contributed by atoms with van der Waals surface area (Å²) in [5.41, 5.74) is 2.61. The van der Waals surface area contributed by atoms with E-state index >= 15 is 0 Å². The molecule has 9 nitrogen and oxygen atoms in total. The van der Waals surface area contributed by atoms with Gasteiger partial charge in [-0.05, 0) is 54.4 Å². The van der Waals surface area contributed by atoms with Crippen molar-refractivity contribution in [3.8, 4) is 5.75 Å². The number of carbonyl (C=O) groups excluding carboxylic acids is 2. The molecule has 0 spiro atoms. The van der Waals surface area contributed by atoms with Crippen LogP contribution in [0, 0.1) is 17.0 Å². The van der Waals surface area contributed by atoms with E-state index in [1.165, 1.54) is 35.4 Å². The van der Waals surface area contributed by atoms with Crippen molar-refractivity contribution in [1.82, 2.24) is 4.98 Å². The van der Waals surface area contributed by atoms with Crippen LogP contribution in [0.15, 0.2) is 89.9 Å². The molecule has 1 aliphatic rings. The van der Waals surface area contributed by atoms with Crippen molar-refractivity contribution in [2.24, 2.45) is 0 Å². The van der Waals surface area contributed by atoms with E-state index in [1.807, 2.05) is 31.2 Å². The number of aromatic nitrogens is 1. The Balaban J connectivity index is 1.50. The summed E-state index contributed by atoms with van der Waals surface area (Å²) < 4.78 is 5.84. The lowest BCUT2D eigenvalue weighted by Crippen LogP contribution is -2.29. The second-order valence-corrected chi connectivity index (χ2v) is 9.51. The number of non-ortho nitro benzene ring substituents is 1. The van der Waals surface area contributed by atoms with Crippen LogP contribution in [0.4, 0.5) is 10.8 Å².